The Labute approximate surface area is 256 Å². The molecule has 15 heteroatoms. The number of benzene rings is 2. The number of nitrogens with one attached hydrogen (secondary N) is 1. The van der Waals surface area contributed by atoms with Gasteiger partial charge in [-0.15, -0.1) is 0 Å². The van der Waals surface area contributed by atoms with E-state index in [1.165, 1.54) is 37.2 Å². The van der Waals surface area contributed by atoms with Crippen LogP contribution < -0.4 is 16.0 Å². The van der Waals surface area contributed by atoms with Gasteiger partial charge in [-0.1, -0.05) is 0 Å². The molecule has 0 radical (unpaired) electrons. The number of nitrogens with zero attached hydrogens (tertiary/aromatic N) is 3. The molecule has 45 heavy (non-hydrogen) atoms. The van der Waals surface area contributed by atoms with Crippen LogP contribution in [0.5, 0.6) is 5.75 Å². The first-order valence-electron chi connectivity index (χ1n) is 13.8. The Morgan fingerprint density at radius 3 is 2.24 bits per heavy atom. The molecule has 5 rings (SSSR count). The number of nitrogens with two attached hydrogens (primary N) is 1. The van der Waals surface area contributed by atoms with Crippen LogP contribution in [0.25, 0.3) is 5.76 Å². The van der Waals surface area contributed by atoms with Gasteiger partial charge >= 0.3 is 0 Å². The molecule has 0 aliphatic heterocycles. The number of aliphatic hydroxyl groups is 3. The second-order valence-corrected chi connectivity index (χ2v) is 11.8. The maximum Gasteiger partial charge on any atom is 0.269 e. The highest BCUT2D eigenvalue weighted by Gasteiger charge is 2.64. The number of ketones is 2. The van der Waals surface area contributed by atoms with Crippen molar-refractivity contribution in [2.24, 2.45) is 17.6 Å². The number of hydrogen-bond acceptors (Lipinski definition) is 12. The first kappa shape index (κ1) is 31.2. The Morgan fingerprint density at radius 1 is 1.09 bits per heavy atom. The van der Waals surface area contributed by atoms with Crippen LogP contribution in [-0.4, -0.2) is 93.5 Å². The zero-order valence-electron chi connectivity index (χ0n) is 24.7. The van der Waals surface area contributed by atoms with Gasteiger partial charge in [0, 0.05) is 49.0 Å². The number of nitro benzene ring substituents is 1. The molecule has 0 saturated heterocycles. The Morgan fingerprint density at radius 2 is 1.71 bits per heavy atom. The highest BCUT2D eigenvalue weighted by molar-refractivity contribution is 6.24. The largest absolute Gasteiger partial charge is 0.508 e. The summed E-state index contributed by atoms with van der Waals surface area (Å²) in [4.78, 5) is 66.0. The number of rotatable bonds is 6. The lowest BCUT2D eigenvalue weighted by atomic mass is 9.57. The van der Waals surface area contributed by atoms with Gasteiger partial charge in [0.15, 0.2) is 11.4 Å². The number of hydrogen-bond donors (Lipinski definition) is 6. The monoisotopic (exact) mass is 621 g/mol. The van der Waals surface area contributed by atoms with Crippen molar-refractivity contribution in [3.05, 3.63) is 74.0 Å². The maximum absolute atomic E-state index is 14.1. The maximum atomic E-state index is 14.1. The average Bonchev–Trinajstić information content (AvgIpc) is 2.95. The minimum atomic E-state index is -2.79. The lowest BCUT2D eigenvalue weighted by Gasteiger charge is -2.50. The summed E-state index contributed by atoms with van der Waals surface area (Å²) in [7, 11) is 6.40. The summed E-state index contributed by atoms with van der Waals surface area (Å²) in [6, 6.07) is 5.01. The van der Waals surface area contributed by atoms with E-state index in [1.807, 2.05) is 0 Å². The van der Waals surface area contributed by atoms with E-state index in [0.29, 0.717) is 11.3 Å². The van der Waals surface area contributed by atoms with E-state index in [-0.39, 0.29) is 40.9 Å². The van der Waals surface area contributed by atoms with Crippen LogP contribution in [0.1, 0.15) is 27.9 Å². The number of primary amides is 1. The van der Waals surface area contributed by atoms with E-state index in [2.05, 4.69) is 5.32 Å². The van der Waals surface area contributed by atoms with E-state index in [0.717, 1.165) is 12.1 Å². The molecule has 2 aromatic rings. The molecule has 0 aromatic heterocycles. The van der Waals surface area contributed by atoms with Crippen LogP contribution in [0.2, 0.25) is 0 Å². The number of carbonyl (C=O) groups is 4. The number of aromatic hydroxyl groups is 1. The number of anilines is 2. The topological polar surface area (TPSA) is 237 Å². The van der Waals surface area contributed by atoms with Gasteiger partial charge in [0.05, 0.1) is 22.2 Å². The minimum absolute atomic E-state index is 0.0392. The second kappa shape index (κ2) is 10.7. The molecule has 15 nitrogen and oxygen atoms in total. The van der Waals surface area contributed by atoms with Gasteiger partial charge in [0.2, 0.25) is 5.78 Å². The van der Waals surface area contributed by atoms with Crippen molar-refractivity contribution in [3.63, 3.8) is 0 Å². The number of nitro groups is 1. The molecule has 3 aliphatic carbocycles. The molecular formula is C30H31N5O10. The van der Waals surface area contributed by atoms with Gasteiger partial charge in [0.1, 0.15) is 22.8 Å². The summed E-state index contributed by atoms with van der Waals surface area (Å²) in [6.45, 7) is 0. The van der Waals surface area contributed by atoms with E-state index in [4.69, 9.17) is 5.73 Å². The predicted molar refractivity (Wildman–Crippen MR) is 160 cm³/mol. The molecule has 3 unspecified atom stereocenters. The number of aliphatic hydroxyl groups excluding tert-OH is 2. The van der Waals surface area contributed by atoms with E-state index < -0.39 is 74.6 Å². The number of phenolic OH excluding ortho intramolecular Hbond substituents is 1. The number of fused-ring (bicyclic) bond motifs is 3. The predicted octanol–water partition coefficient (Wildman–Crippen LogP) is 1.19. The fraction of sp³-hybridized carbons (Fsp3) is 0.333. The number of Topliss-reactive ketones (excluding diaryl/α,β-unsaturated/α-hetero) is 2. The van der Waals surface area contributed by atoms with Crippen LogP contribution in [0.15, 0.2) is 47.2 Å². The number of non-ortho nitro benzene ring substituents is 1. The van der Waals surface area contributed by atoms with Crippen molar-refractivity contribution in [1.82, 2.24) is 4.90 Å². The molecule has 1 fully saturated rings. The van der Waals surface area contributed by atoms with Gasteiger partial charge in [-0.2, -0.15) is 0 Å². The van der Waals surface area contributed by atoms with Crippen molar-refractivity contribution in [2.75, 3.05) is 38.4 Å². The van der Waals surface area contributed by atoms with E-state index in [1.54, 1.807) is 19.0 Å². The fourth-order valence-electron chi connectivity index (χ4n) is 6.72. The Kier molecular flexibility index (Phi) is 7.41. The molecule has 236 valence electrons. The van der Waals surface area contributed by atoms with Gasteiger partial charge in [-0.05, 0) is 56.6 Å². The van der Waals surface area contributed by atoms with Crippen molar-refractivity contribution in [2.45, 2.75) is 24.5 Å². The Hall–Kier alpha value is -5.28. The third-order valence-corrected chi connectivity index (χ3v) is 8.77. The molecule has 2 aromatic carbocycles. The van der Waals surface area contributed by atoms with Crippen molar-refractivity contribution >= 4 is 46.2 Å². The average molecular weight is 622 g/mol. The standard InChI is InChI=1S/C30H31N5O10/c1-33(2)18-11-17(32-29(42)12-5-7-14(8-6-12)35(44)45)23(36)20-15(18)9-13-10-16-22(34(3)4)25(38)21(28(31)41)27(40)30(16,43)26(39)19(13)24(20)37/h5-8,11,13,16,22,36-37,40,43H,9-10H2,1-4H3,(H2,31,41)(H,32,42)/t13?,16?,22-,30?/m0/s1. The second-order valence-electron chi connectivity index (χ2n) is 11.8. The van der Waals surface area contributed by atoms with E-state index in [9.17, 15) is 49.7 Å². The van der Waals surface area contributed by atoms with Crippen molar-refractivity contribution in [3.8, 4) is 5.75 Å². The Bertz CT molecular complexity index is 1760. The minimum Gasteiger partial charge on any atom is -0.508 e. The van der Waals surface area contributed by atoms with Gasteiger partial charge in [0.25, 0.3) is 17.5 Å². The molecule has 1 saturated carbocycles. The number of phenols is 1. The first-order valence-corrected chi connectivity index (χ1v) is 13.8. The summed E-state index contributed by atoms with van der Waals surface area (Å²) < 4.78 is 0. The number of amides is 2. The summed E-state index contributed by atoms with van der Waals surface area (Å²) in [5, 5.41) is 59.2. The molecule has 2 amide bonds. The molecule has 3 aliphatic rings. The molecule has 0 bridgehead atoms. The van der Waals surface area contributed by atoms with Crippen LogP contribution in [-0.2, 0) is 20.8 Å². The van der Waals surface area contributed by atoms with Gasteiger partial charge in [-0.3, -0.25) is 34.2 Å². The first-order chi connectivity index (χ1) is 21.0. The van der Waals surface area contributed by atoms with Crippen LogP contribution >= 0.6 is 0 Å². The van der Waals surface area contributed by atoms with Gasteiger partial charge in [-0.25, -0.2) is 0 Å². The SMILES string of the molecule is CN(C)c1cc(NC(=O)c2ccc([N+](=O)[O-])cc2)c(O)c2c1CC1CC3[C@H](N(C)C)C(=O)C(C(N)=O)=C(O)C3(O)C(=O)C1=C2O. The van der Waals surface area contributed by atoms with Gasteiger partial charge < -0.3 is 36.4 Å². The lowest BCUT2D eigenvalue weighted by Crippen LogP contribution is -2.65. The molecular weight excluding hydrogens is 590 g/mol. The van der Waals surface area contributed by atoms with Crippen LogP contribution in [0, 0.1) is 22.0 Å². The fourth-order valence-corrected chi connectivity index (χ4v) is 6.72. The molecule has 0 spiro atoms. The number of carbonyl (C=O) groups excluding carboxylic acids is 4. The van der Waals surface area contributed by atoms with Crippen LogP contribution in [0.3, 0.4) is 0 Å². The summed E-state index contributed by atoms with van der Waals surface area (Å²) in [6.07, 6.45) is -0.00971. The zero-order chi connectivity index (χ0) is 33.3. The molecule has 4 atom stereocenters. The highest BCUT2D eigenvalue weighted by atomic mass is 16.6. The van der Waals surface area contributed by atoms with Crippen molar-refractivity contribution < 1.29 is 44.5 Å². The highest BCUT2D eigenvalue weighted by Crippen LogP contribution is 2.54. The third kappa shape index (κ3) is 4.58. The summed E-state index contributed by atoms with van der Waals surface area (Å²) in [5.74, 6) is -8.56. The van der Waals surface area contributed by atoms with Crippen LogP contribution in [0.4, 0.5) is 17.1 Å². The lowest BCUT2D eigenvalue weighted by molar-refractivity contribution is -0.384. The summed E-state index contributed by atoms with van der Waals surface area (Å²) in [5.41, 5.74) is 1.67. The number of likely N-dealkylation sites (N-methyl/N-ethyl adjacent to an activating group) is 1. The Balaban J connectivity index is 1.65. The zero-order valence-corrected chi connectivity index (χ0v) is 24.7. The smallest absolute Gasteiger partial charge is 0.269 e. The normalized spacial score (nSPS) is 24.2. The summed E-state index contributed by atoms with van der Waals surface area (Å²) >= 11 is 0. The molecule has 0 heterocycles. The molecule has 7 N–H and O–H groups in total. The quantitative estimate of drug-likeness (QED) is 0.115. The third-order valence-electron chi connectivity index (χ3n) is 8.77. The van der Waals surface area contributed by atoms with E-state index >= 15 is 0 Å². The van der Waals surface area contributed by atoms with Crippen molar-refractivity contribution in [1.29, 1.82) is 0 Å².